The van der Waals surface area contributed by atoms with E-state index in [0.29, 0.717) is 0 Å². The molecule has 0 fully saturated rings. The molecule has 0 radical (unpaired) electrons. The molecule has 0 saturated heterocycles. The number of esters is 2. The Bertz CT molecular complexity index is 563. The van der Waals surface area contributed by atoms with Gasteiger partial charge in [-0.3, -0.25) is 4.79 Å². The van der Waals surface area contributed by atoms with E-state index in [1.54, 1.807) is 41.5 Å². The van der Waals surface area contributed by atoms with Crippen LogP contribution >= 0.6 is 0 Å². The molecule has 0 aliphatic carbocycles. The predicted octanol–water partition coefficient (Wildman–Crippen LogP) is 1.85. The molecule has 2 amide bonds. The smallest absolute Gasteiger partial charge is 0.410 e. The molecule has 1 atom stereocenters. The first-order valence-corrected chi connectivity index (χ1v) is 8.88. The highest BCUT2D eigenvalue weighted by Gasteiger charge is 2.23. The molecule has 0 bridgehead atoms. The monoisotopic (exact) mass is 404 g/mol. The SMILES string of the molecule is C[C@H](OC(=O)CNC(=O)OC(C)(C)C)C(=O)OCCN(C)C(=O)OC(C)(C)C. The number of alkyl carbamates (subject to hydrolysis) is 1. The Morgan fingerprint density at radius 1 is 0.964 bits per heavy atom. The van der Waals surface area contributed by atoms with Gasteiger partial charge in [-0.25, -0.2) is 14.4 Å². The molecule has 10 nitrogen and oxygen atoms in total. The third kappa shape index (κ3) is 12.8. The fraction of sp³-hybridized carbons (Fsp3) is 0.778. The van der Waals surface area contributed by atoms with Gasteiger partial charge in [0, 0.05) is 7.05 Å². The van der Waals surface area contributed by atoms with Crippen molar-refractivity contribution in [3.8, 4) is 0 Å². The second kappa shape index (κ2) is 10.7. The van der Waals surface area contributed by atoms with Crippen molar-refractivity contribution in [2.45, 2.75) is 65.8 Å². The van der Waals surface area contributed by atoms with Crippen LogP contribution in [0.15, 0.2) is 0 Å². The molecule has 0 aliphatic heterocycles. The quantitative estimate of drug-likeness (QED) is 0.504. The molecule has 162 valence electrons. The Kier molecular flexibility index (Phi) is 9.76. The second-order valence-electron chi connectivity index (χ2n) is 8.06. The topological polar surface area (TPSA) is 120 Å². The molecule has 28 heavy (non-hydrogen) atoms. The maximum Gasteiger partial charge on any atom is 0.410 e. The summed E-state index contributed by atoms with van der Waals surface area (Å²) in [7, 11) is 1.51. The van der Waals surface area contributed by atoms with Crippen LogP contribution in [0.1, 0.15) is 48.5 Å². The van der Waals surface area contributed by atoms with Gasteiger partial charge < -0.3 is 29.2 Å². The minimum absolute atomic E-state index is 0.0906. The summed E-state index contributed by atoms with van der Waals surface area (Å²) in [6.07, 6.45) is -2.49. The van der Waals surface area contributed by atoms with E-state index >= 15 is 0 Å². The highest BCUT2D eigenvalue weighted by Crippen LogP contribution is 2.09. The fourth-order valence-corrected chi connectivity index (χ4v) is 1.58. The van der Waals surface area contributed by atoms with Crippen LogP contribution in [0.2, 0.25) is 0 Å². The maximum absolute atomic E-state index is 11.8. The maximum atomic E-state index is 11.8. The van der Waals surface area contributed by atoms with Gasteiger partial charge in [0.2, 0.25) is 0 Å². The zero-order valence-electron chi connectivity index (χ0n) is 17.9. The normalized spacial score (nSPS) is 12.4. The molecule has 10 heteroatoms. The van der Waals surface area contributed by atoms with Gasteiger partial charge in [0.25, 0.3) is 0 Å². The van der Waals surface area contributed by atoms with E-state index in [2.05, 4.69) is 5.32 Å². The van der Waals surface area contributed by atoms with Crippen molar-refractivity contribution in [3.05, 3.63) is 0 Å². The van der Waals surface area contributed by atoms with Gasteiger partial charge >= 0.3 is 24.1 Å². The summed E-state index contributed by atoms with van der Waals surface area (Å²) in [6, 6.07) is 0. The standard InChI is InChI=1S/C18H32N2O8/c1-12(26-13(21)11-19-15(23)27-17(2,3)4)14(22)25-10-9-20(8)16(24)28-18(5,6)7/h12H,9-11H2,1-8H3,(H,19,23)/t12-/m0/s1. The summed E-state index contributed by atoms with van der Waals surface area (Å²) in [5.41, 5.74) is -1.32. The summed E-state index contributed by atoms with van der Waals surface area (Å²) >= 11 is 0. The van der Waals surface area contributed by atoms with E-state index in [1.165, 1.54) is 18.9 Å². The first-order chi connectivity index (χ1) is 12.6. The molecule has 0 spiro atoms. The molecule has 0 aromatic rings. The Labute approximate surface area is 165 Å². The number of nitrogens with zero attached hydrogens (tertiary/aromatic N) is 1. The molecular weight excluding hydrogens is 372 g/mol. The molecule has 0 aliphatic rings. The Morgan fingerprint density at radius 2 is 1.50 bits per heavy atom. The van der Waals surface area contributed by atoms with Crippen molar-refractivity contribution in [1.29, 1.82) is 0 Å². The average molecular weight is 404 g/mol. The summed E-state index contributed by atoms with van der Waals surface area (Å²) < 4.78 is 20.0. The highest BCUT2D eigenvalue weighted by atomic mass is 16.6. The van der Waals surface area contributed by atoms with Gasteiger partial charge in [0.05, 0.1) is 6.54 Å². The van der Waals surface area contributed by atoms with Crippen LogP contribution in [0.4, 0.5) is 9.59 Å². The lowest BCUT2D eigenvalue weighted by Crippen LogP contribution is -2.38. The van der Waals surface area contributed by atoms with Crippen molar-refractivity contribution < 1.29 is 38.1 Å². The van der Waals surface area contributed by atoms with Crippen LogP contribution in [-0.4, -0.2) is 73.1 Å². The van der Waals surface area contributed by atoms with Gasteiger partial charge in [-0.1, -0.05) is 0 Å². The third-order valence-electron chi connectivity index (χ3n) is 2.79. The van der Waals surface area contributed by atoms with E-state index in [9.17, 15) is 19.2 Å². The molecule has 0 rings (SSSR count). The van der Waals surface area contributed by atoms with E-state index in [0.717, 1.165) is 0 Å². The van der Waals surface area contributed by atoms with Gasteiger partial charge in [-0.15, -0.1) is 0 Å². The van der Waals surface area contributed by atoms with E-state index in [-0.39, 0.29) is 13.2 Å². The predicted molar refractivity (Wildman–Crippen MR) is 99.6 cm³/mol. The molecule has 0 unspecified atom stereocenters. The number of ether oxygens (including phenoxy) is 4. The van der Waals surface area contributed by atoms with E-state index < -0.39 is 48.0 Å². The summed E-state index contributed by atoms with van der Waals surface area (Å²) in [4.78, 5) is 48.0. The van der Waals surface area contributed by atoms with Crippen LogP contribution in [0.3, 0.4) is 0 Å². The zero-order valence-corrected chi connectivity index (χ0v) is 17.9. The first-order valence-electron chi connectivity index (χ1n) is 8.88. The lowest BCUT2D eigenvalue weighted by atomic mass is 10.2. The Hall–Kier alpha value is -2.52. The minimum Gasteiger partial charge on any atom is -0.461 e. The number of hydrogen-bond donors (Lipinski definition) is 1. The molecule has 0 aromatic heterocycles. The van der Waals surface area contributed by atoms with Crippen molar-refractivity contribution in [1.82, 2.24) is 10.2 Å². The molecule has 1 N–H and O–H groups in total. The van der Waals surface area contributed by atoms with E-state index in [1.807, 2.05) is 0 Å². The van der Waals surface area contributed by atoms with Gasteiger partial charge in [0.1, 0.15) is 24.4 Å². The number of likely N-dealkylation sites (N-methyl/N-ethyl adjacent to an activating group) is 1. The summed E-state index contributed by atoms with van der Waals surface area (Å²) in [5.74, 6) is -1.59. The van der Waals surface area contributed by atoms with Gasteiger partial charge in [-0.05, 0) is 48.5 Å². The number of hydrogen-bond acceptors (Lipinski definition) is 8. The fourth-order valence-electron chi connectivity index (χ4n) is 1.58. The number of rotatable bonds is 7. The number of amides is 2. The zero-order chi connectivity index (χ0) is 22.1. The van der Waals surface area contributed by atoms with Crippen molar-refractivity contribution in [2.75, 3.05) is 26.7 Å². The number of carbonyl (C=O) groups excluding carboxylic acids is 4. The van der Waals surface area contributed by atoms with Crippen LogP contribution < -0.4 is 5.32 Å². The highest BCUT2D eigenvalue weighted by molar-refractivity contribution is 5.82. The number of carbonyl (C=O) groups is 4. The Morgan fingerprint density at radius 3 is 2.00 bits per heavy atom. The van der Waals surface area contributed by atoms with Crippen molar-refractivity contribution in [2.24, 2.45) is 0 Å². The van der Waals surface area contributed by atoms with Crippen LogP contribution in [0, 0.1) is 0 Å². The largest absolute Gasteiger partial charge is 0.461 e. The van der Waals surface area contributed by atoms with Crippen molar-refractivity contribution in [3.63, 3.8) is 0 Å². The van der Waals surface area contributed by atoms with Gasteiger partial charge in [-0.2, -0.15) is 0 Å². The molecular formula is C18H32N2O8. The van der Waals surface area contributed by atoms with Crippen LogP contribution in [-0.2, 0) is 28.5 Å². The molecule has 0 saturated carbocycles. The summed E-state index contributed by atoms with van der Waals surface area (Å²) in [5, 5.41) is 2.23. The second-order valence-corrected chi connectivity index (χ2v) is 8.06. The van der Waals surface area contributed by atoms with Crippen molar-refractivity contribution >= 4 is 24.1 Å². The average Bonchev–Trinajstić information content (AvgIpc) is 2.49. The van der Waals surface area contributed by atoms with E-state index in [4.69, 9.17) is 18.9 Å². The lowest BCUT2D eigenvalue weighted by molar-refractivity contribution is -0.166. The number of nitrogens with one attached hydrogen (secondary N) is 1. The van der Waals surface area contributed by atoms with Crippen LogP contribution in [0.5, 0.6) is 0 Å². The Balaban J connectivity index is 4.17. The third-order valence-corrected chi connectivity index (χ3v) is 2.79. The minimum atomic E-state index is -1.17. The molecule has 0 heterocycles. The van der Waals surface area contributed by atoms with Gasteiger partial charge in [0.15, 0.2) is 6.10 Å². The molecule has 0 aromatic carbocycles. The lowest BCUT2D eigenvalue weighted by Gasteiger charge is -2.24. The summed E-state index contributed by atoms with van der Waals surface area (Å²) in [6.45, 7) is 11.2. The first kappa shape index (κ1) is 25.5. The van der Waals surface area contributed by atoms with Crippen LogP contribution in [0.25, 0.3) is 0 Å².